The molecule has 1 aliphatic rings. The van der Waals surface area contributed by atoms with Crippen molar-refractivity contribution in [3.8, 4) is 5.75 Å². The zero-order valence-corrected chi connectivity index (χ0v) is 12.5. The number of ether oxygens (including phenoxy) is 1. The molecule has 0 heterocycles. The lowest BCUT2D eigenvalue weighted by Crippen LogP contribution is -2.28. The fourth-order valence-corrected chi connectivity index (χ4v) is 2.77. The van der Waals surface area contributed by atoms with Gasteiger partial charge in [-0.05, 0) is 52.0 Å². The Labute approximate surface area is 117 Å². The minimum atomic E-state index is 0.340. The Hall–Kier alpha value is -1.02. The molecule has 2 nitrogen and oxygen atoms in total. The zero-order chi connectivity index (χ0) is 13.7. The molecule has 0 radical (unpaired) electrons. The Morgan fingerprint density at radius 1 is 1.21 bits per heavy atom. The number of hydrogen-bond acceptors (Lipinski definition) is 2. The third-order valence-corrected chi connectivity index (χ3v) is 4.13. The second kappa shape index (κ2) is 6.95. The highest BCUT2D eigenvalue weighted by Crippen LogP contribution is 2.30. The van der Waals surface area contributed by atoms with E-state index in [1.807, 2.05) is 0 Å². The van der Waals surface area contributed by atoms with E-state index < -0.39 is 0 Å². The molecular formula is C17H27NO. The molecule has 106 valence electrons. The molecule has 0 bridgehead atoms. The minimum Gasteiger partial charge on any atom is -0.490 e. The van der Waals surface area contributed by atoms with Gasteiger partial charge in [-0.3, -0.25) is 0 Å². The average Bonchev–Trinajstić information content (AvgIpc) is 2.92. The molecule has 0 unspecified atom stereocenters. The van der Waals surface area contributed by atoms with Crippen molar-refractivity contribution < 1.29 is 4.74 Å². The largest absolute Gasteiger partial charge is 0.490 e. The number of para-hydroxylation sites is 1. The van der Waals surface area contributed by atoms with Crippen molar-refractivity contribution in [3.05, 3.63) is 29.8 Å². The van der Waals surface area contributed by atoms with Crippen LogP contribution in [0.25, 0.3) is 0 Å². The van der Waals surface area contributed by atoms with Crippen LogP contribution in [-0.4, -0.2) is 12.1 Å². The summed E-state index contributed by atoms with van der Waals surface area (Å²) in [7, 11) is 0. The van der Waals surface area contributed by atoms with Gasteiger partial charge in [-0.2, -0.15) is 0 Å². The van der Waals surface area contributed by atoms with Crippen molar-refractivity contribution in [2.24, 2.45) is 0 Å². The Morgan fingerprint density at radius 2 is 1.89 bits per heavy atom. The van der Waals surface area contributed by atoms with Gasteiger partial charge in [-0.15, -0.1) is 0 Å². The third-order valence-electron chi connectivity index (χ3n) is 4.13. The molecule has 1 fully saturated rings. The molecule has 1 aromatic rings. The van der Waals surface area contributed by atoms with E-state index in [0.29, 0.717) is 18.2 Å². The first-order chi connectivity index (χ1) is 9.20. The van der Waals surface area contributed by atoms with Gasteiger partial charge in [0.2, 0.25) is 0 Å². The van der Waals surface area contributed by atoms with Crippen molar-refractivity contribution in [1.29, 1.82) is 0 Å². The van der Waals surface area contributed by atoms with E-state index in [0.717, 1.165) is 12.2 Å². The smallest absolute Gasteiger partial charge is 0.124 e. The highest BCUT2D eigenvalue weighted by atomic mass is 16.5. The summed E-state index contributed by atoms with van der Waals surface area (Å²) in [4.78, 5) is 0. The lowest BCUT2D eigenvalue weighted by atomic mass is 10.1. The van der Waals surface area contributed by atoms with Crippen LogP contribution in [0.2, 0.25) is 0 Å². The van der Waals surface area contributed by atoms with Crippen LogP contribution in [0.1, 0.15) is 64.5 Å². The summed E-state index contributed by atoms with van der Waals surface area (Å²) in [6.45, 7) is 6.67. The van der Waals surface area contributed by atoms with E-state index in [2.05, 4.69) is 50.4 Å². The molecule has 1 saturated carbocycles. The van der Waals surface area contributed by atoms with Crippen LogP contribution >= 0.6 is 0 Å². The Balaban J connectivity index is 2.06. The Morgan fingerprint density at radius 3 is 2.58 bits per heavy atom. The van der Waals surface area contributed by atoms with E-state index in [1.165, 1.54) is 31.2 Å². The summed E-state index contributed by atoms with van der Waals surface area (Å²) >= 11 is 0. The molecule has 1 N–H and O–H groups in total. The van der Waals surface area contributed by atoms with E-state index in [-0.39, 0.29) is 0 Å². The maximum Gasteiger partial charge on any atom is 0.124 e. The molecule has 2 rings (SSSR count). The van der Waals surface area contributed by atoms with E-state index in [1.54, 1.807) is 0 Å². The summed E-state index contributed by atoms with van der Waals surface area (Å²) in [6, 6.07) is 9.35. The fourth-order valence-electron chi connectivity index (χ4n) is 2.77. The predicted octanol–water partition coefficient (Wildman–Crippen LogP) is 4.46. The molecule has 0 aliphatic heterocycles. The molecule has 0 spiro atoms. The maximum absolute atomic E-state index is 6.20. The highest BCUT2D eigenvalue weighted by Gasteiger charge is 2.19. The summed E-state index contributed by atoms with van der Waals surface area (Å²) in [6.07, 6.45) is 6.62. The fraction of sp³-hybridized carbons (Fsp3) is 0.647. The number of rotatable bonds is 6. The summed E-state index contributed by atoms with van der Waals surface area (Å²) in [5.41, 5.74) is 1.29. The van der Waals surface area contributed by atoms with Crippen LogP contribution < -0.4 is 10.1 Å². The van der Waals surface area contributed by atoms with E-state index >= 15 is 0 Å². The predicted molar refractivity (Wildman–Crippen MR) is 80.6 cm³/mol. The monoisotopic (exact) mass is 261 g/mol. The van der Waals surface area contributed by atoms with Crippen LogP contribution in [0.5, 0.6) is 5.75 Å². The normalized spacial score (nSPS) is 19.3. The van der Waals surface area contributed by atoms with Gasteiger partial charge in [-0.25, -0.2) is 0 Å². The zero-order valence-electron chi connectivity index (χ0n) is 12.5. The van der Waals surface area contributed by atoms with E-state index in [4.69, 9.17) is 4.74 Å². The minimum absolute atomic E-state index is 0.340. The van der Waals surface area contributed by atoms with Crippen molar-refractivity contribution in [2.45, 2.75) is 71.1 Å². The van der Waals surface area contributed by atoms with Crippen LogP contribution in [0.15, 0.2) is 24.3 Å². The number of benzene rings is 1. The summed E-state index contributed by atoms with van der Waals surface area (Å²) in [5, 5.41) is 3.63. The SMILES string of the molecule is CC[C@@H](C)N[C@@H](C)c1ccccc1OC1CCCC1. The molecule has 0 aromatic heterocycles. The first-order valence-electron chi connectivity index (χ1n) is 7.72. The maximum atomic E-state index is 6.20. The topological polar surface area (TPSA) is 21.3 Å². The lowest BCUT2D eigenvalue weighted by molar-refractivity contribution is 0.206. The van der Waals surface area contributed by atoms with Gasteiger partial charge < -0.3 is 10.1 Å². The van der Waals surface area contributed by atoms with Gasteiger partial charge in [0.15, 0.2) is 0 Å². The molecule has 19 heavy (non-hydrogen) atoms. The van der Waals surface area contributed by atoms with Crippen molar-refractivity contribution in [3.63, 3.8) is 0 Å². The molecule has 1 aliphatic carbocycles. The number of nitrogens with one attached hydrogen (secondary N) is 1. The first-order valence-corrected chi connectivity index (χ1v) is 7.72. The summed E-state index contributed by atoms with van der Waals surface area (Å²) in [5.74, 6) is 1.07. The molecule has 0 saturated heterocycles. The van der Waals surface area contributed by atoms with Gasteiger partial charge in [-0.1, -0.05) is 25.1 Å². The molecule has 2 atom stereocenters. The molecule has 0 amide bonds. The van der Waals surface area contributed by atoms with Crippen molar-refractivity contribution in [1.82, 2.24) is 5.32 Å². The number of hydrogen-bond donors (Lipinski definition) is 1. The van der Waals surface area contributed by atoms with Gasteiger partial charge in [0, 0.05) is 17.6 Å². The van der Waals surface area contributed by atoms with Crippen molar-refractivity contribution in [2.75, 3.05) is 0 Å². The van der Waals surface area contributed by atoms with Crippen LogP contribution in [-0.2, 0) is 0 Å². The summed E-state index contributed by atoms with van der Waals surface area (Å²) < 4.78 is 6.20. The van der Waals surface area contributed by atoms with Gasteiger partial charge >= 0.3 is 0 Å². The lowest BCUT2D eigenvalue weighted by Gasteiger charge is -2.23. The second-order valence-corrected chi connectivity index (χ2v) is 5.76. The van der Waals surface area contributed by atoms with Gasteiger partial charge in [0.25, 0.3) is 0 Å². The first kappa shape index (κ1) is 14.4. The second-order valence-electron chi connectivity index (χ2n) is 5.76. The molecule has 2 heteroatoms. The van der Waals surface area contributed by atoms with Gasteiger partial charge in [0.05, 0.1) is 6.10 Å². The van der Waals surface area contributed by atoms with Crippen molar-refractivity contribution >= 4 is 0 Å². The van der Waals surface area contributed by atoms with Crippen LogP contribution in [0.4, 0.5) is 0 Å². The highest BCUT2D eigenvalue weighted by molar-refractivity contribution is 5.36. The standard InChI is InChI=1S/C17H27NO/c1-4-13(2)18-14(3)16-11-7-8-12-17(16)19-15-9-5-6-10-15/h7-8,11-15,18H,4-6,9-10H2,1-3H3/t13-,14+/m1/s1. The molecule has 1 aromatic carbocycles. The quantitative estimate of drug-likeness (QED) is 0.816. The Kier molecular flexibility index (Phi) is 5.26. The van der Waals surface area contributed by atoms with Crippen LogP contribution in [0, 0.1) is 0 Å². The third kappa shape index (κ3) is 3.97. The molecular weight excluding hydrogens is 234 g/mol. The average molecular weight is 261 g/mol. The van der Waals surface area contributed by atoms with E-state index in [9.17, 15) is 0 Å². The Bertz CT molecular complexity index is 385. The van der Waals surface area contributed by atoms with Gasteiger partial charge in [0.1, 0.15) is 5.75 Å². The van der Waals surface area contributed by atoms with Crippen LogP contribution in [0.3, 0.4) is 0 Å².